The van der Waals surface area contributed by atoms with E-state index in [1.807, 2.05) is 13.8 Å². The number of Topliss-reactive ketones (excluding diaryl/α,β-unsaturated/α-hetero) is 1. The second kappa shape index (κ2) is 4.61. The van der Waals surface area contributed by atoms with Crippen LogP contribution in [0.3, 0.4) is 0 Å². The predicted molar refractivity (Wildman–Crippen MR) is 48.1 cm³/mol. The maximum absolute atomic E-state index is 11.6. The third-order valence-corrected chi connectivity index (χ3v) is 2.60. The predicted octanol–water partition coefficient (Wildman–Crippen LogP) is 2.17. The van der Waals surface area contributed by atoms with E-state index >= 15 is 0 Å². The summed E-state index contributed by atoms with van der Waals surface area (Å²) in [7, 11) is 0. The first kappa shape index (κ1) is 9.72. The molecule has 70 valence electrons. The van der Waals surface area contributed by atoms with Gasteiger partial charge in [-0.2, -0.15) is 0 Å². The molecule has 2 atom stereocenters. The zero-order chi connectivity index (χ0) is 8.97. The molecular formula is C10H18O2. The third kappa shape index (κ3) is 2.31. The maximum Gasteiger partial charge on any atom is 0.164 e. The Balaban J connectivity index is 2.39. The molecule has 1 aliphatic heterocycles. The lowest BCUT2D eigenvalue weighted by Gasteiger charge is -2.23. The molecule has 0 N–H and O–H groups in total. The number of rotatable bonds is 3. The summed E-state index contributed by atoms with van der Waals surface area (Å²) < 4.78 is 5.41. The molecule has 0 aromatic heterocycles. The fourth-order valence-electron chi connectivity index (χ4n) is 1.48. The van der Waals surface area contributed by atoms with E-state index in [4.69, 9.17) is 4.74 Å². The van der Waals surface area contributed by atoms with Crippen molar-refractivity contribution in [3.8, 4) is 0 Å². The van der Waals surface area contributed by atoms with Crippen molar-refractivity contribution in [1.29, 1.82) is 0 Å². The first-order valence-electron chi connectivity index (χ1n) is 4.91. The Morgan fingerprint density at radius 3 is 2.83 bits per heavy atom. The Hall–Kier alpha value is -0.370. The minimum absolute atomic E-state index is 0.0892. The van der Waals surface area contributed by atoms with Gasteiger partial charge in [-0.1, -0.05) is 13.8 Å². The van der Waals surface area contributed by atoms with Crippen molar-refractivity contribution in [3.05, 3.63) is 0 Å². The van der Waals surface area contributed by atoms with E-state index in [2.05, 4.69) is 0 Å². The fourth-order valence-corrected chi connectivity index (χ4v) is 1.48. The lowest BCUT2D eigenvalue weighted by Crippen LogP contribution is -2.32. The highest BCUT2D eigenvalue weighted by Gasteiger charge is 2.24. The third-order valence-electron chi connectivity index (χ3n) is 2.60. The number of ketones is 1. The van der Waals surface area contributed by atoms with Gasteiger partial charge in [-0.3, -0.25) is 4.79 Å². The number of hydrogen-bond acceptors (Lipinski definition) is 2. The summed E-state index contributed by atoms with van der Waals surface area (Å²) in [4.78, 5) is 11.6. The molecule has 1 aliphatic rings. The highest BCUT2D eigenvalue weighted by atomic mass is 16.5. The minimum Gasteiger partial charge on any atom is -0.370 e. The van der Waals surface area contributed by atoms with Crippen LogP contribution in [0.4, 0.5) is 0 Å². The van der Waals surface area contributed by atoms with E-state index in [-0.39, 0.29) is 12.0 Å². The minimum atomic E-state index is -0.0892. The smallest absolute Gasteiger partial charge is 0.164 e. The normalized spacial score (nSPS) is 26.7. The van der Waals surface area contributed by atoms with E-state index in [0.29, 0.717) is 5.78 Å². The molecule has 1 saturated heterocycles. The van der Waals surface area contributed by atoms with Crippen molar-refractivity contribution >= 4 is 5.78 Å². The molecule has 0 spiro atoms. The zero-order valence-electron chi connectivity index (χ0n) is 8.01. The molecule has 2 unspecified atom stereocenters. The quantitative estimate of drug-likeness (QED) is 0.649. The van der Waals surface area contributed by atoms with Crippen LogP contribution in [0.1, 0.15) is 39.5 Å². The summed E-state index contributed by atoms with van der Waals surface area (Å²) in [6, 6.07) is 0. The first-order valence-corrected chi connectivity index (χ1v) is 4.91. The van der Waals surface area contributed by atoms with Crippen molar-refractivity contribution < 1.29 is 9.53 Å². The van der Waals surface area contributed by atoms with Crippen LogP contribution in [-0.4, -0.2) is 18.5 Å². The molecule has 0 aromatic carbocycles. The van der Waals surface area contributed by atoms with Crippen LogP contribution in [0.15, 0.2) is 0 Å². The van der Waals surface area contributed by atoms with Crippen LogP contribution in [0.2, 0.25) is 0 Å². The Morgan fingerprint density at radius 1 is 1.58 bits per heavy atom. The second-order valence-corrected chi connectivity index (χ2v) is 3.57. The number of hydrogen-bond donors (Lipinski definition) is 0. The van der Waals surface area contributed by atoms with Crippen molar-refractivity contribution in [2.45, 2.75) is 45.6 Å². The van der Waals surface area contributed by atoms with Gasteiger partial charge in [-0.05, 0) is 25.7 Å². The van der Waals surface area contributed by atoms with E-state index < -0.39 is 0 Å². The summed E-state index contributed by atoms with van der Waals surface area (Å²) in [6.07, 6.45) is 4.03. The lowest BCUT2D eigenvalue weighted by atomic mass is 9.95. The molecule has 12 heavy (non-hydrogen) atoms. The number of ether oxygens (including phenoxy) is 1. The molecule has 0 saturated carbocycles. The zero-order valence-corrected chi connectivity index (χ0v) is 8.01. The molecule has 0 aromatic rings. The molecule has 1 rings (SSSR count). The van der Waals surface area contributed by atoms with Gasteiger partial charge in [-0.25, -0.2) is 0 Å². The molecule has 1 heterocycles. The van der Waals surface area contributed by atoms with Gasteiger partial charge in [0, 0.05) is 12.5 Å². The standard InChI is InChI=1S/C10H18O2/c1-3-8(2)10(11)9-6-4-5-7-12-9/h8-9H,3-7H2,1-2H3. The monoisotopic (exact) mass is 170 g/mol. The van der Waals surface area contributed by atoms with E-state index in [1.54, 1.807) is 0 Å². The van der Waals surface area contributed by atoms with Gasteiger partial charge in [-0.15, -0.1) is 0 Å². The molecular weight excluding hydrogens is 152 g/mol. The SMILES string of the molecule is CCC(C)C(=O)C1CCCCO1. The van der Waals surface area contributed by atoms with Crippen LogP contribution >= 0.6 is 0 Å². The molecule has 0 amide bonds. The maximum atomic E-state index is 11.6. The van der Waals surface area contributed by atoms with Crippen LogP contribution in [-0.2, 0) is 9.53 Å². The average Bonchev–Trinajstić information content (AvgIpc) is 2.17. The molecule has 0 aliphatic carbocycles. The highest BCUT2D eigenvalue weighted by molar-refractivity contribution is 5.85. The van der Waals surface area contributed by atoms with Crippen molar-refractivity contribution in [3.63, 3.8) is 0 Å². The van der Waals surface area contributed by atoms with Gasteiger partial charge < -0.3 is 4.74 Å². The fraction of sp³-hybridized carbons (Fsp3) is 0.900. The number of carbonyl (C=O) groups excluding carboxylic acids is 1. The topological polar surface area (TPSA) is 26.3 Å². The van der Waals surface area contributed by atoms with Crippen LogP contribution in [0.5, 0.6) is 0 Å². The van der Waals surface area contributed by atoms with Gasteiger partial charge >= 0.3 is 0 Å². The Morgan fingerprint density at radius 2 is 2.33 bits per heavy atom. The Bertz CT molecular complexity index is 148. The van der Waals surface area contributed by atoms with E-state index in [0.717, 1.165) is 32.3 Å². The van der Waals surface area contributed by atoms with E-state index in [9.17, 15) is 4.79 Å². The molecule has 1 fully saturated rings. The van der Waals surface area contributed by atoms with Crippen molar-refractivity contribution in [1.82, 2.24) is 0 Å². The molecule has 2 nitrogen and oxygen atoms in total. The van der Waals surface area contributed by atoms with Crippen LogP contribution < -0.4 is 0 Å². The van der Waals surface area contributed by atoms with Gasteiger partial charge in [0.05, 0.1) is 0 Å². The van der Waals surface area contributed by atoms with Gasteiger partial charge in [0.1, 0.15) is 6.10 Å². The van der Waals surface area contributed by atoms with Gasteiger partial charge in [0.2, 0.25) is 0 Å². The molecule has 0 bridgehead atoms. The number of carbonyl (C=O) groups is 1. The second-order valence-electron chi connectivity index (χ2n) is 3.57. The Kier molecular flexibility index (Phi) is 3.73. The summed E-state index contributed by atoms with van der Waals surface area (Å²) in [5.74, 6) is 0.477. The lowest BCUT2D eigenvalue weighted by molar-refractivity contribution is -0.136. The molecule has 2 heteroatoms. The van der Waals surface area contributed by atoms with Gasteiger partial charge in [0.15, 0.2) is 5.78 Å². The average molecular weight is 170 g/mol. The highest BCUT2D eigenvalue weighted by Crippen LogP contribution is 2.17. The summed E-state index contributed by atoms with van der Waals surface area (Å²) in [5, 5.41) is 0. The largest absolute Gasteiger partial charge is 0.370 e. The van der Waals surface area contributed by atoms with Crippen LogP contribution in [0, 0.1) is 5.92 Å². The van der Waals surface area contributed by atoms with Crippen LogP contribution in [0.25, 0.3) is 0 Å². The van der Waals surface area contributed by atoms with Gasteiger partial charge in [0.25, 0.3) is 0 Å². The summed E-state index contributed by atoms with van der Waals surface area (Å²) >= 11 is 0. The first-order chi connectivity index (χ1) is 5.75. The van der Waals surface area contributed by atoms with Crippen molar-refractivity contribution in [2.24, 2.45) is 5.92 Å². The van der Waals surface area contributed by atoms with Crippen molar-refractivity contribution in [2.75, 3.05) is 6.61 Å². The summed E-state index contributed by atoms with van der Waals surface area (Å²) in [5.41, 5.74) is 0. The summed E-state index contributed by atoms with van der Waals surface area (Å²) in [6.45, 7) is 4.80. The molecule has 0 radical (unpaired) electrons. The van der Waals surface area contributed by atoms with E-state index in [1.165, 1.54) is 0 Å². The Labute approximate surface area is 74.3 Å².